The summed E-state index contributed by atoms with van der Waals surface area (Å²) >= 11 is 1.97. The van der Waals surface area contributed by atoms with Gasteiger partial charge in [0.25, 0.3) is 5.01 Å². The smallest absolute Gasteiger partial charge is 0.185 e. The minimum atomic E-state index is -1.59. The van der Waals surface area contributed by atoms with E-state index in [1.807, 2.05) is 11.3 Å². The highest BCUT2D eigenvalue weighted by Crippen LogP contribution is 2.60. The molecule has 0 radical (unpaired) electrons. The van der Waals surface area contributed by atoms with Gasteiger partial charge in [-0.2, -0.15) is 4.57 Å². The van der Waals surface area contributed by atoms with E-state index in [0.717, 1.165) is 0 Å². The van der Waals surface area contributed by atoms with Crippen molar-refractivity contribution in [3.05, 3.63) is 105 Å². The molecule has 0 amide bonds. The van der Waals surface area contributed by atoms with E-state index >= 15 is 0 Å². The van der Waals surface area contributed by atoms with Crippen LogP contribution in [0.25, 0.3) is 15.8 Å². The topological polar surface area (TPSA) is 3.88 Å². The van der Waals surface area contributed by atoms with Crippen molar-refractivity contribution in [2.75, 3.05) is 0 Å². The van der Waals surface area contributed by atoms with Crippen molar-refractivity contribution in [2.24, 2.45) is 7.05 Å². The Morgan fingerprint density at radius 1 is 0.700 bits per heavy atom. The number of hydrogen-bond donors (Lipinski definition) is 0. The molecule has 0 saturated carbocycles. The number of aryl methyl sites for hydroxylation is 1. The Kier molecular flexibility index (Phi) is 3.81. The summed E-state index contributed by atoms with van der Waals surface area (Å²) in [6.45, 7) is 7.59. The molecule has 3 aromatic carbocycles. The summed E-state index contributed by atoms with van der Waals surface area (Å²) in [6.07, 6.45) is 0. The van der Waals surface area contributed by atoms with Crippen LogP contribution < -0.4 is 4.57 Å². The molecule has 0 atom stereocenters. The lowest BCUT2D eigenvalue weighted by molar-refractivity contribution is -0.642. The lowest BCUT2D eigenvalue weighted by Crippen LogP contribution is -2.41. The Hall–Kier alpha value is -2.49. The van der Waals surface area contributed by atoms with Crippen molar-refractivity contribution in [1.29, 1.82) is 0 Å². The second-order valence-electron chi connectivity index (χ2n) is 9.64. The molecule has 7 rings (SSSR count). The average molecular weight is 425 g/mol. The molecule has 0 unspecified atom stereocenters. The molecule has 0 aliphatic heterocycles. The van der Waals surface area contributed by atoms with Crippen LogP contribution in [0.3, 0.4) is 0 Å². The fourth-order valence-corrected chi connectivity index (χ4v) is 9.33. The number of allylic oxidation sites excluding steroid dienone is 2. The van der Waals surface area contributed by atoms with Gasteiger partial charge in [0.05, 0.1) is 8.07 Å². The highest BCUT2D eigenvalue weighted by molar-refractivity contribution is 7.19. The van der Waals surface area contributed by atoms with Gasteiger partial charge in [0.2, 0.25) is 5.52 Å². The molecule has 0 spiro atoms. The SMILES string of the molecule is C[n+]1c(C2=C([Si](C)(C)C)C3c4ccccc4C2c2ccccc23)sc2ccccc21. The molecular formula is C27H26NSSi+. The van der Waals surface area contributed by atoms with Crippen LogP contribution in [0.4, 0.5) is 0 Å². The first-order valence-electron chi connectivity index (χ1n) is 10.8. The molecule has 1 nitrogen and oxygen atoms in total. The van der Waals surface area contributed by atoms with Crippen molar-refractivity contribution < 1.29 is 4.57 Å². The van der Waals surface area contributed by atoms with E-state index in [1.54, 1.807) is 10.8 Å². The van der Waals surface area contributed by atoms with E-state index < -0.39 is 8.07 Å². The van der Waals surface area contributed by atoms with Crippen LogP contribution in [-0.4, -0.2) is 8.07 Å². The minimum Gasteiger partial charge on any atom is -0.185 e. The van der Waals surface area contributed by atoms with E-state index in [9.17, 15) is 0 Å². The van der Waals surface area contributed by atoms with Gasteiger partial charge in [-0.3, -0.25) is 0 Å². The van der Waals surface area contributed by atoms with E-state index in [4.69, 9.17) is 0 Å². The molecule has 3 aliphatic rings. The molecule has 0 saturated heterocycles. The maximum Gasteiger partial charge on any atom is 0.266 e. The largest absolute Gasteiger partial charge is 0.266 e. The standard InChI is InChI=1S/C27H26NSSi/c1-28-21-15-9-10-16-22(21)29-27(28)25-23-17-11-5-7-13-19(17)24(26(25)30(2,3)4)20-14-8-6-12-18(20)23/h5-16,23-24H,1-4H3/q+1. The Labute approximate surface area is 183 Å². The summed E-state index contributed by atoms with van der Waals surface area (Å²) < 4.78 is 3.82. The Bertz CT molecular complexity index is 1310. The molecular weight excluding hydrogens is 398 g/mol. The Morgan fingerprint density at radius 2 is 1.20 bits per heavy atom. The van der Waals surface area contributed by atoms with Crippen LogP contribution in [0.2, 0.25) is 19.6 Å². The molecule has 1 aromatic heterocycles. The lowest BCUT2D eigenvalue weighted by atomic mass is 9.64. The van der Waals surface area contributed by atoms with Crippen LogP contribution in [0.5, 0.6) is 0 Å². The number of fused-ring (bicyclic) bond motifs is 1. The number of aromatic nitrogens is 1. The Morgan fingerprint density at radius 3 is 1.73 bits per heavy atom. The van der Waals surface area contributed by atoms with Gasteiger partial charge in [0, 0.05) is 23.5 Å². The molecule has 4 aromatic rings. The monoisotopic (exact) mass is 424 g/mol. The molecule has 3 heteroatoms. The second-order valence-corrected chi connectivity index (χ2v) is 15.7. The first-order chi connectivity index (χ1) is 14.5. The van der Waals surface area contributed by atoms with Crippen molar-refractivity contribution >= 4 is 35.2 Å². The van der Waals surface area contributed by atoms with Gasteiger partial charge in [0.1, 0.15) is 11.7 Å². The number of hydrogen-bond acceptors (Lipinski definition) is 1. The van der Waals surface area contributed by atoms with Crippen LogP contribution in [-0.2, 0) is 7.05 Å². The van der Waals surface area contributed by atoms with Crippen molar-refractivity contribution in [2.45, 2.75) is 31.5 Å². The summed E-state index contributed by atoms with van der Waals surface area (Å²) in [5.41, 5.74) is 9.02. The third-order valence-corrected chi connectivity index (χ3v) is 10.3. The number of benzene rings is 3. The summed E-state index contributed by atoms with van der Waals surface area (Å²) in [5.74, 6) is 0.734. The molecule has 0 N–H and O–H groups in total. The zero-order valence-electron chi connectivity index (χ0n) is 17.9. The van der Waals surface area contributed by atoms with Gasteiger partial charge < -0.3 is 0 Å². The van der Waals surface area contributed by atoms with E-state index in [-0.39, 0.29) is 0 Å². The van der Waals surface area contributed by atoms with Gasteiger partial charge in [-0.05, 0) is 28.3 Å². The number of thiazole rings is 1. The quantitative estimate of drug-likeness (QED) is 0.251. The molecule has 1 heterocycles. The zero-order valence-corrected chi connectivity index (χ0v) is 19.8. The lowest BCUT2D eigenvalue weighted by Gasteiger charge is -2.46. The first-order valence-corrected chi connectivity index (χ1v) is 15.1. The van der Waals surface area contributed by atoms with Crippen LogP contribution >= 0.6 is 11.3 Å². The minimum absolute atomic E-state index is 0.336. The number of nitrogens with zero attached hydrogens (tertiary/aromatic N) is 1. The van der Waals surface area contributed by atoms with Gasteiger partial charge >= 0.3 is 0 Å². The second kappa shape index (κ2) is 6.26. The predicted molar refractivity (Wildman–Crippen MR) is 130 cm³/mol. The van der Waals surface area contributed by atoms with E-state index in [1.165, 1.54) is 37.5 Å². The van der Waals surface area contributed by atoms with Crippen LogP contribution in [0.1, 0.15) is 39.1 Å². The molecule has 30 heavy (non-hydrogen) atoms. The highest BCUT2D eigenvalue weighted by Gasteiger charge is 2.49. The zero-order chi connectivity index (χ0) is 20.6. The van der Waals surface area contributed by atoms with Gasteiger partial charge in [-0.1, -0.05) is 96.8 Å². The van der Waals surface area contributed by atoms with E-state index in [0.29, 0.717) is 11.8 Å². The van der Waals surface area contributed by atoms with Gasteiger partial charge in [-0.15, -0.1) is 0 Å². The van der Waals surface area contributed by atoms with Gasteiger partial charge in [0.15, 0.2) is 0 Å². The van der Waals surface area contributed by atoms with Gasteiger partial charge in [-0.25, -0.2) is 0 Å². The number of para-hydroxylation sites is 1. The maximum atomic E-state index is 2.53. The van der Waals surface area contributed by atoms with Crippen LogP contribution in [0.15, 0.2) is 78.0 Å². The van der Waals surface area contributed by atoms with Crippen LogP contribution in [0, 0.1) is 0 Å². The summed E-state index contributed by atoms with van der Waals surface area (Å²) in [7, 11) is 0.661. The fraction of sp³-hybridized carbons (Fsp3) is 0.222. The molecule has 148 valence electrons. The highest BCUT2D eigenvalue weighted by atomic mass is 32.1. The summed E-state index contributed by atoms with van der Waals surface area (Å²) in [6, 6.07) is 27.2. The van der Waals surface area contributed by atoms with E-state index in [2.05, 4.69) is 104 Å². The Balaban J connectivity index is 1.75. The predicted octanol–water partition coefficient (Wildman–Crippen LogP) is 6.65. The van der Waals surface area contributed by atoms with Crippen molar-refractivity contribution in [3.63, 3.8) is 0 Å². The third kappa shape index (κ3) is 2.36. The van der Waals surface area contributed by atoms with Crippen molar-refractivity contribution in [3.8, 4) is 0 Å². The third-order valence-electron chi connectivity index (χ3n) is 6.88. The average Bonchev–Trinajstić information content (AvgIpc) is 3.09. The molecule has 3 aliphatic carbocycles. The maximum absolute atomic E-state index is 2.53. The fourth-order valence-electron chi connectivity index (χ4n) is 5.76. The number of rotatable bonds is 2. The normalized spacial score (nSPS) is 19.9. The van der Waals surface area contributed by atoms with Crippen molar-refractivity contribution in [1.82, 2.24) is 0 Å². The first kappa shape index (κ1) is 18.3. The molecule has 0 fully saturated rings. The molecule has 2 bridgehead atoms. The summed E-state index contributed by atoms with van der Waals surface area (Å²) in [5, 5.41) is 3.17. The summed E-state index contributed by atoms with van der Waals surface area (Å²) in [4.78, 5) is 0.